The van der Waals surface area contributed by atoms with Crippen molar-refractivity contribution < 1.29 is 0 Å². The van der Waals surface area contributed by atoms with E-state index in [9.17, 15) is 0 Å². The van der Waals surface area contributed by atoms with Gasteiger partial charge in [0, 0.05) is 6.42 Å². The molecular formula is C9H8Cl2N2. The number of anilines is 1. The number of hydrogen-bond donors (Lipinski definition) is 1. The second-order valence-corrected chi connectivity index (χ2v) is 3.45. The summed E-state index contributed by atoms with van der Waals surface area (Å²) in [6.07, 6.45) is 1.10. The van der Waals surface area contributed by atoms with Crippen molar-refractivity contribution in [2.75, 3.05) is 5.73 Å². The van der Waals surface area contributed by atoms with E-state index in [0.717, 1.165) is 5.56 Å². The minimum atomic E-state index is 0.393. The average Bonchev–Trinajstić information content (AvgIpc) is 2.10. The number of rotatable bonds is 2. The first kappa shape index (κ1) is 10.2. The average molecular weight is 215 g/mol. The summed E-state index contributed by atoms with van der Waals surface area (Å²) < 4.78 is 0. The highest BCUT2D eigenvalue weighted by Gasteiger charge is 2.04. The molecule has 1 aromatic rings. The Bertz CT molecular complexity index is 332. The third-order valence-electron chi connectivity index (χ3n) is 1.66. The third-order valence-corrected chi connectivity index (χ3v) is 2.29. The number of nitrogen functional groups attached to an aromatic ring is 1. The predicted molar refractivity (Wildman–Crippen MR) is 54.8 cm³/mol. The van der Waals surface area contributed by atoms with Gasteiger partial charge in [0.1, 0.15) is 0 Å². The topological polar surface area (TPSA) is 49.8 Å². The Morgan fingerprint density at radius 2 is 1.85 bits per heavy atom. The lowest BCUT2D eigenvalue weighted by molar-refractivity contribution is 1.01. The van der Waals surface area contributed by atoms with Crippen LogP contribution in [0, 0.1) is 11.3 Å². The molecule has 1 rings (SSSR count). The fourth-order valence-electron chi connectivity index (χ4n) is 0.981. The number of nitriles is 1. The molecule has 0 spiro atoms. The minimum Gasteiger partial charge on any atom is -0.396 e. The van der Waals surface area contributed by atoms with Crippen LogP contribution < -0.4 is 5.73 Å². The van der Waals surface area contributed by atoms with E-state index >= 15 is 0 Å². The highest BCUT2D eigenvalue weighted by atomic mass is 35.5. The highest BCUT2D eigenvalue weighted by molar-refractivity contribution is 6.38. The predicted octanol–water partition coefficient (Wildman–Crippen LogP) is 3.03. The molecule has 2 nitrogen and oxygen atoms in total. The monoisotopic (exact) mass is 214 g/mol. The van der Waals surface area contributed by atoms with Crippen LogP contribution in [0.25, 0.3) is 0 Å². The summed E-state index contributed by atoms with van der Waals surface area (Å²) in [5.74, 6) is 0. The Morgan fingerprint density at radius 3 is 2.31 bits per heavy atom. The number of hydrogen-bond acceptors (Lipinski definition) is 2. The van der Waals surface area contributed by atoms with E-state index in [4.69, 9.17) is 34.2 Å². The number of halogens is 2. The number of nitrogens with two attached hydrogens (primary N) is 1. The zero-order valence-electron chi connectivity index (χ0n) is 6.85. The van der Waals surface area contributed by atoms with Crippen molar-refractivity contribution >= 4 is 28.9 Å². The quantitative estimate of drug-likeness (QED) is 0.770. The van der Waals surface area contributed by atoms with Crippen LogP contribution in [0.2, 0.25) is 10.0 Å². The van der Waals surface area contributed by atoms with Crippen molar-refractivity contribution in [2.45, 2.75) is 12.8 Å². The molecule has 4 heteroatoms. The van der Waals surface area contributed by atoms with Crippen LogP contribution in [0.15, 0.2) is 12.1 Å². The molecule has 0 aliphatic rings. The lowest BCUT2D eigenvalue weighted by atomic mass is 10.1. The van der Waals surface area contributed by atoms with Gasteiger partial charge in [-0.25, -0.2) is 0 Å². The van der Waals surface area contributed by atoms with Gasteiger partial charge >= 0.3 is 0 Å². The van der Waals surface area contributed by atoms with Crippen molar-refractivity contribution in [3.63, 3.8) is 0 Å². The first-order valence-electron chi connectivity index (χ1n) is 3.75. The number of aryl methyl sites for hydroxylation is 1. The Hall–Kier alpha value is -0.910. The SMILES string of the molecule is N#CCCc1cc(Cl)c(N)c(Cl)c1. The van der Waals surface area contributed by atoms with Gasteiger partial charge in [-0.15, -0.1) is 0 Å². The zero-order valence-corrected chi connectivity index (χ0v) is 8.36. The summed E-state index contributed by atoms with van der Waals surface area (Å²) in [6, 6.07) is 5.52. The van der Waals surface area contributed by atoms with Crippen molar-refractivity contribution in [2.24, 2.45) is 0 Å². The second-order valence-electron chi connectivity index (χ2n) is 2.63. The first-order valence-corrected chi connectivity index (χ1v) is 4.51. The lowest BCUT2D eigenvalue weighted by Gasteiger charge is -2.04. The second kappa shape index (κ2) is 4.36. The summed E-state index contributed by atoms with van der Waals surface area (Å²) in [7, 11) is 0. The van der Waals surface area contributed by atoms with Crippen LogP contribution in [0.4, 0.5) is 5.69 Å². The summed E-state index contributed by atoms with van der Waals surface area (Å²) in [5, 5.41) is 9.27. The van der Waals surface area contributed by atoms with Gasteiger partial charge in [-0.2, -0.15) is 5.26 Å². The molecule has 0 heterocycles. The van der Waals surface area contributed by atoms with Gasteiger partial charge < -0.3 is 5.73 Å². The van der Waals surface area contributed by atoms with Crippen molar-refractivity contribution in [1.29, 1.82) is 5.26 Å². The molecule has 0 amide bonds. The maximum atomic E-state index is 8.38. The van der Waals surface area contributed by atoms with E-state index in [-0.39, 0.29) is 0 Å². The van der Waals surface area contributed by atoms with E-state index in [1.165, 1.54) is 0 Å². The Kier molecular flexibility index (Phi) is 3.41. The van der Waals surface area contributed by atoms with E-state index in [0.29, 0.717) is 28.6 Å². The van der Waals surface area contributed by atoms with Gasteiger partial charge in [0.05, 0.1) is 21.8 Å². The molecule has 0 radical (unpaired) electrons. The minimum absolute atomic E-state index is 0.393. The van der Waals surface area contributed by atoms with Gasteiger partial charge in [0.15, 0.2) is 0 Å². The summed E-state index contributed by atoms with van der Waals surface area (Å²) >= 11 is 11.6. The third kappa shape index (κ3) is 2.51. The maximum Gasteiger partial charge on any atom is 0.0693 e. The van der Waals surface area contributed by atoms with Gasteiger partial charge in [0.25, 0.3) is 0 Å². The molecule has 1 aromatic carbocycles. The molecule has 0 aliphatic heterocycles. The van der Waals surface area contributed by atoms with Crippen molar-refractivity contribution in [3.05, 3.63) is 27.7 Å². The van der Waals surface area contributed by atoms with E-state index in [1.54, 1.807) is 12.1 Å². The molecule has 0 saturated carbocycles. The van der Waals surface area contributed by atoms with Crippen LogP contribution in [-0.2, 0) is 6.42 Å². The van der Waals surface area contributed by atoms with Crippen LogP contribution in [0.5, 0.6) is 0 Å². The first-order chi connectivity index (χ1) is 6.15. The molecule has 0 unspecified atom stereocenters. The highest BCUT2D eigenvalue weighted by Crippen LogP contribution is 2.29. The van der Waals surface area contributed by atoms with E-state index in [2.05, 4.69) is 6.07 Å². The Labute approximate surface area is 86.9 Å². The normalized spacial score (nSPS) is 9.62. The fourth-order valence-corrected chi connectivity index (χ4v) is 1.51. The van der Waals surface area contributed by atoms with Gasteiger partial charge in [-0.1, -0.05) is 23.2 Å². The van der Waals surface area contributed by atoms with Crippen molar-refractivity contribution in [1.82, 2.24) is 0 Å². The Balaban J connectivity index is 2.94. The number of nitrogens with zero attached hydrogens (tertiary/aromatic N) is 1. The molecule has 2 N–H and O–H groups in total. The van der Waals surface area contributed by atoms with Crippen LogP contribution in [-0.4, -0.2) is 0 Å². The van der Waals surface area contributed by atoms with Crippen LogP contribution >= 0.6 is 23.2 Å². The Morgan fingerprint density at radius 1 is 1.31 bits per heavy atom. The summed E-state index contributed by atoms with van der Waals surface area (Å²) in [4.78, 5) is 0. The summed E-state index contributed by atoms with van der Waals surface area (Å²) in [6.45, 7) is 0. The fraction of sp³-hybridized carbons (Fsp3) is 0.222. The molecule has 0 bridgehead atoms. The van der Waals surface area contributed by atoms with E-state index in [1.807, 2.05) is 0 Å². The maximum absolute atomic E-state index is 8.38. The molecule has 13 heavy (non-hydrogen) atoms. The molecule has 0 saturated heterocycles. The molecule has 0 aliphatic carbocycles. The molecule has 0 atom stereocenters. The molecule has 68 valence electrons. The van der Waals surface area contributed by atoms with Gasteiger partial charge in [-0.3, -0.25) is 0 Å². The standard InChI is InChI=1S/C9H8Cl2N2/c10-7-4-6(2-1-3-12)5-8(11)9(7)13/h4-5H,1-2,13H2. The smallest absolute Gasteiger partial charge is 0.0693 e. The van der Waals surface area contributed by atoms with Crippen LogP contribution in [0.3, 0.4) is 0 Å². The molecule has 0 aromatic heterocycles. The number of benzene rings is 1. The molecule has 0 fully saturated rings. The zero-order chi connectivity index (χ0) is 9.84. The van der Waals surface area contributed by atoms with Crippen molar-refractivity contribution in [3.8, 4) is 6.07 Å². The summed E-state index contributed by atoms with van der Waals surface area (Å²) in [5.41, 5.74) is 6.88. The largest absolute Gasteiger partial charge is 0.396 e. The van der Waals surface area contributed by atoms with Gasteiger partial charge in [0.2, 0.25) is 0 Å². The van der Waals surface area contributed by atoms with Gasteiger partial charge in [-0.05, 0) is 24.1 Å². The lowest BCUT2D eigenvalue weighted by Crippen LogP contribution is -1.91. The van der Waals surface area contributed by atoms with Crippen LogP contribution in [0.1, 0.15) is 12.0 Å². The van der Waals surface area contributed by atoms with E-state index < -0.39 is 0 Å². The molecular weight excluding hydrogens is 207 g/mol.